The van der Waals surface area contributed by atoms with E-state index in [0.29, 0.717) is 39.4 Å². The number of aryl methyl sites for hydroxylation is 1. The predicted molar refractivity (Wildman–Crippen MR) is 143 cm³/mol. The van der Waals surface area contributed by atoms with E-state index in [-0.39, 0.29) is 23.8 Å². The van der Waals surface area contributed by atoms with Crippen LogP contribution in [0, 0.1) is 5.82 Å². The number of rotatable bonds is 7. The van der Waals surface area contributed by atoms with Gasteiger partial charge in [0.1, 0.15) is 35.9 Å². The van der Waals surface area contributed by atoms with Gasteiger partial charge in [-0.1, -0.05) is 26.0 Å². The number of aromatic nitrogens is 6. The molecule has 0 aliphatic carbocycles. The Hall–Kier alpha value is -5.00. The van der Waals surface area contributed by atoms with Crippen molar-refractivity contribution in [1.29, 1.82) is 0 Å². The van der Waals surface area contributed by atoms with E-state index in [2.05, 4.69) is 25.5 Å². The fraction of sp³-hybridized carbons (Fsp3) is 0.185. The molecule has 0 bridgehead atoms. The van der Waals surface area contributed by atoms with Gasteiger partial charge in [-0.2, -0.15) is 14.9 Å². The van der Waals surface area contributed by atoms with Crippen LogP contribution >= 0.6 is 0 Å². The van der Waals surface area contributed by atoms with Crippen LogP contribution in [0.3, 0.4) is 0 Å². The average molecular weight is 531 g/mol. The quantitative estimate of drug-likeness (QED) is 0.324. The maximum Gasteiger partial charge on any atom is 0.284 e. The number of alkyl halides is 1. The van der Waals surface area contributed by atoms with Crippen molar-refractivity contribution < 1.29 is 13.6 Å². The molecule has 0 fully saturated rings. The maximum absolute atomic E-state index is 13.4. The van der Waals surface area contributed by atoms with Crippen molar-refractivity contribution in [2.45, 2.75) is 26.3 Å². The molecule has 198 valence electrons. The summed E-state index contributed by atoms with van der Waals surface area (Å²) in [6.45, 7) is 3.17. The number of benzene rings is 2. The van der Waals surface area contributed by atoms with E-state index in [0.717, 1.165) is 4.68 Å². The second-order valence-corrected chi connectivity index (χ2v) is 9.08. The Morgan fingerprint density at radius 1 is 1.05 bits per heavy atom. The smallest absolute Gasteiger partial charge is 0.284 e. The standard InChI is InChI=1S/C27H24F2N8O2/c1-15(2)21-13-20(27(39)37(34-21)19-9-5-17(29)6-10-19)26(38)33-18-7-3-16(4-8-18)23-22-24(30)31-14-32-25(22)36(35-23)12-11-28/h3-10,13-15H,11-12H2,1-2H3,(H,33,38)(H2,30,31,32). The molecule has 0 aliphatic rings. The van der Waals surface area contributed by atoms with Crippen LogP contribution < -0.4 is 16.6 Å². The van der Waals surface area contributed by atoms with E-state index in [1.54, 1.807) is 24.3 Å². The number of fused-ring (bicyclic) bond motifs is 1. The highest BCUT2D eigenvalue weighted by molar-refractivity contribution is 6.04. The highest BCUT2D eigenvalue weighted by Gasteiger charge is 2.20. The maximum atomic E-state index is 13.4. The van der Waals surface area contributed by atoms with Gasteiger partial charge in [0, 0.05) is 11.3 Å². The van der Waals surface area contributed by atoms with Gasteiger partial charge >= 0.3 is 0 Å². The summed E-state index contributed by atoms with van der Waals surface area (Å²) in [7, 11) is 0. The second kappa shape index (κ2) is 10.4. The van der Waals surface area contributed by atoms with Crippen molar-refractivity contribution in [3.05, 3.63) is 88.4 Å². The highest BCUT2D eigenvalue weighted by Crippen LogP contribution is 2.30. The molecule has 2 aromatic carbocycles. The van der Waals surface area contributed by atoms with Gasteiger partial charge in [-0.25, -0.2) is 23.4 Å². The summed E-state index contributed by atoms with van der Waals surface area (Å²) < 4.78 is 29.0. The lowest BCUT2D eigenvalue weighted by atomic mass is 10.1. The van der Waals surface area contributed by atoms with E-state index >= 15 is 0 Å². The molecule has 39 heavy (non-hydrogen) atoms. The molecule has 0 aliphatic heterocycles. The zero-order valence-corrected chi connectivity index (χ0v) is 21.1. The summed E-state index contributed by atoms with van der Waals surface area (Å²) in [5.74, 6) is -0.936. The zero-order chi connectivity index (χ0) is 27.7. The Morgan fingerprint density at radius 2 is 1.77 bits per heavy atom. The number of nitrogen functional groups attached to an aromatic ring is 1. The first kappa shape index (κ1) is 25.6. The van der Waals surface area contributed by atoms with E-state index < -0.39 is 24.0 Å². The number of amides is 1. The fourth-order valence-corrected chi connectivity index (χ4v) is 4.09. The minimum atomic E-state index is -0.638. The molecule has 1 amide bonds. The minimum absolute atomic E-state index is 0.0147. The van der Waals surface area contributed by atoms with Crippen LogP contribution in [0.25, 0.3) is 28.0 Å². The topological polar surface area (TPSA) is 134 Å². The first-order valence-electron chi connectivity index (χ1n) is 12.1. The summed E-state index contributed by atoms with van der Waals surface area (Å²) in [6, 6.07) is 13.5. The van der Waals surface area contributed by atoms with Gasteiger partial charge in [0.05, 0.1) is 23.3 Å². The van der Waals surface area contributed by atoms with Crippen LogP contribution in [0.15, 0.2) is 65.7 Å². The van der Waals surface area contributed by atoms with Crippen molar-refractivity contribution in [2.75, 3.05) is 17.7 Å². The van der Waals surface area contributed by atoms with Gasteiger partial charge in [0.2, 0.25) is 0 Å². The number of carbonyl (C=O) groups is 1. The second-order valence-electron chi connectivity index (χ2n) is 9.08. The summed E-state index contributed by atoms with van der Waals surface area (Å²) >= 11 is 0. The predicted octanol–water partition coefficient (Wildman–Crippen LogP) is 4.11. The number of hydrogen-bond donors (Lipinski definition) is 2. The van der Waals surface area contributed by atoms with Crippen molar-refractivity contribution in [3.63, 3.8) is 0 Å². The molecule has 5 aromatic rings. The molecule has 0 unspecified atom stereocenters. The third-order valence-electron chi connectivity index (χ3n) is 6.11. The van der Waals surface area contributed by atoms with Crippen LogP contribution in [0.2, 0.25) is 0 Å². The molecular formula is C27H24F2N8O2. The molecule has 0 saturated carbocycles. The van der Waals surface area contributed by atoms with Crippen LogP contribution in [0.1, 0.15) is 35.8 Å². The summed E-state index contributed by atoms with van der Waals surface area (Å²) in [4.78, 5) is 34.6. The normalized spacial score (nSPS) is 11.3. The Balaban J connectivity index is 1.47. The lowest BCUT2D eigenvalue weighted by Gasteiger charge is -2.13. The number of nitrogens with one attached hydrogen (secondary N) is 1. The first-order valence-corrected chi connectivity index (χ1v) is 12.1. The minimum Gasteiger partial charge on any atom is -0.383 e. The van der Waals surface area contributed by atoms with Gasteiger partial charge in [0.15, 0.2) is 5.65 Å². The molecular weight excluding hydrogens is 506 g/mol. The lowest BCUT2D eigenvalue weighted by Crippen LogP contribution is -2.31. The Morgan fingerprint density at radius 3 is 2.44 bits per heavy atom. The van der Waals surface area contributed by atoms with E-state index in [1.165, 1.54) is 41.3 Å². The van der Waals surface area contributed by atoms with E-state index in [9.17, 15) is 18.4 Å². The van der Waals surface area contributed by atoms with Crippen molar-refractivity contribution in [2.24, 2.45) is 0 Å². The van der Waals surface area contributed by atoms with Crippen LogP contribution in [-0.2, 0) is 6.54 Å². The largest absolute Gasteiger partial charge is 0.383 e. The Kier molecular flexibility index (Phi) is 6.84. The Labute approximate surface area is 221 Å². The molecule has 12 heteroatoms. The molecule has 0 radical (unpaired) electrons. The summed E-state index contributed by atoms with van der Waals surface area (Å²) in [5, 5.41) is 12.1. The van der Waals surface area contributed by atoms with Crippen LogP contribution in [-0.4, -0.2) is 42.1 Å². The molecule has 0 atom stereocenters. The molecule has 3 aromatic heterocycles. The van der Waals surface area contributed by atoms with E-state index in [1.807, 2.05) is 13.8 Å². The van der Waals surface area contributed by atoms with Crippen molar-refractivity contribution >= 4 is 28.4 Å². The van der Waals surface area contributed by atoms with Crippen molar-refractivity contribution in [3.8, 4) is 16.9 Å². The summed E-state index contributed by atoms with van der Waals surface area (Å²) in [5.41, 5.74) is 8.16. The van der Waals surface area contributed by atoms with Gasteiger partial charge in [-0.05, 0) is 48.4 Å². The van der Waals surface area contributed by atoms with Crippen LogP contribution in [0.4, 0.5) is 20.3 Å². The molecule has 3 N–H and O–H groups in total. The molecule has 0 spiro atoms. The molecule has 5 rings (SSSR count). The number of nitrogens with two attached hydrogens (primary N) is 1. The highest BCUT2D eigenvalue weighted by atomic mass is 19.1. The molecule has 3 heterocycles. The van der Waals surface area contributed by atoms with Crippen LogP contribution in [0.5, 0.6) is 0 Å². The molecule has 10 nitrogen and oxygen atoms in total. The third-order valence-corrected chi connectivity index (χ3v) is 6.11. The summed E-state index contributed by atoms with van der Waals surface area (Å²) in [6.07, 6.45) is 1.30. The van der Waals surface area contributed by atoms with Gasteiger partial charge < -0.3 is 11.1 Å². The third kappa shape index (κ3) is 4.96. The Bertz CT molecular complexity index is 1730. The van der Waals surface area contributed by atoms with E-state index in [4.69, 9.17) is 5.73 Å². The monoisotopic (exact) mass is 530 g/mol. The molecule has 0 saturated heterocycles. The average Bonchev–Trinajstić information content (AvgIpc) is 3.29. The number of nitrogens with zero attached hydrogens (tertiary/aromatic N) is 6. The van der Waals surface area contributed by atoms with Gasteiger partial charge in [-0.15, -0.1) is 0 Å². The zero-order valence-electron chi connectivity index (χ0n) is 21.1. The number of carbonyl (C=O) groups excluding carboxylic acids is 1. The number of halogens is 2. The van der Waals surface area contributed by atoms with Gasteiger partial charge in [0.25, 0.3) is 11.5 Å². The first-order chi connectivity index (χ1) is 18.8. The fourth-order valence-electron chi connectivity index (χ4n) is 4.09. The van der Waals surface area contributed by atoms with Gasteiger partial charge in [-0.3, -0.25) is 9.59 Å². The SMILES string of the molecule is CC(C)c1cc(C(=O)Nc2ccc(-c3nn(CCF)c4ncnc(N)c34)cc2)c(=O)n(-c2ccc(F)cc2)n1. The number of anilines is 2. The van der Waals surface area contributed by atoms with Crippen molar-refractivity contribution in [1.82, 2.24) is 29.5 Å². The number of hydrogen-bond acceptors (Lipinski definition) is 7. The lowest BCUT2D eigenvalue weighted by molar-refractivity contribution is 0.102.